The summed E-state index contributed by atoms with van der Waals surface area (Å²) in [6.07, 6.45) is 6.81. The Morgan fingerprint density at radius 3 is 2.76 bits per heavy atom. The van der Waals surface area contributed by atoms with Gasteiger partial charge in [-0.25, -0.2) is 24.9 Å². The molecule has 1 atom stereocenters. The molecule has 1 aliphatic heterocycles. The number of imidazole rings is 1. The van der Waals surface area contributed by atoms with E-state index in [1.54, 1.807) is 12.5 Å². The van der Waals surface area contributed by atoms with Crippen molar-refractivity contribution >= 4 is 39.5 Å². The molecule has 1 saturated carbocycles. The van der Waals surface area contributed by atoms with Gasteiger partial charge in [0.05, 0.1) is 29.7 Å². The molecule has 7 rings (SSSR count). The molecule has 1 aliphatic carbocycles. The van der Waals surface area contributed by atoms with Crippen molar-refractivity contribution in [2.45, 2.75) is 25.9 Å². The Hall–Kier alpha value is -4.31. The third kappa shape index (κ3) is 3.80. The van der Waals surface area contributed by atoms with Crippen molar-refractivity contribution in [3.05, 3.63) is 60.8 Å². The lowest BCUT2D eigenvalue weighted by molar-refractivity contribution is 0.136. The minimum atomic E-state index is -0.328. The Morgan fingerprint density at radius 2 is 1.95 bits per heavy atom. The summed E-state index contributed by atoms with van der Waals surface area (Å²) >= 11 is 0. The number of β-amino-alcohol motifs (C(OH)–C–C–N with tert-alkyl or cyclic N) is 1. The fraction of sp³-hybridized carbons (Fsp3) is 0.296. The number of aromatic nitrogens is 6. The number of fused-ring (bicyclic) bond motifs is 2. The van der Waals surface area contributed by atoms with Crippen LogP contribution in [0.25, 0.3) is 22.1 Å². The van der Waals surface area contributed by atoms with Gasteiger partial charge in [0.25, 0.3) is 0 Å². The fourth-order valence-corrected chi connectivity index (χ4v) is 5.13. The molecule has 1 spiro atoms. The quantitative estimate of drug-likeness (QED) is 0.372. The lowest BCUT2D eigenvalue weighted by Crippen LogP contribution is -2.23. The maximum atomic E-state index is 10.5. The molecule has 0 unspecified atom stereocenters. The van der Waals surface area contributed by atoms with Crippen LogP contribution >= 0.6 is 0 Å². The summed E-state index contributed by atoms with van der Waals surface area (Å²) in [6, 6.07) is 11.8. The van der Waals surface area contributed by atoms with E-state index in [0.717, 1.165) is 53.2 Å². The standard InChI is InChI=1S/C27H26N8O2/c1-16-9-17(3-6-22(16)37-18-4-5-21-19(10-18)31-15-34(21)2)32-25-24-20(29-14-30-25)11-28-26(33-24)35-12-23(36)27(13-35)7-8-27/h3-6,9-11,14-15,23,36H,7-8,12-13H2,1-2H3,(H,29,30,32)/t23-/m1/s1. The topological polar surface area (TPSA) is 114 Å². The molecule has 10 heteroatoms. The van der Waals surface area contributed by atoms with Crippen molar-refractivity contribution in [2.75, 3.05) is 23.3 Å². The highest BCUT2D eigenvalue weighted by Crippen LogP contribution is 2.53. The highest BCUT2D eigenvalue weighted by molar-refractivity contribution is 5.87. The molecule has 37 heavy (non-hydrogen) atoms. The van der Waals surface area contributed by atoms with Crippen molar-refractivity contribution in [1.82, 2.24) is 29.5 Å². The average molecular weight is 495 g/mol. The van der Waals surface area contributed by atoms with Gasteiger partial charge in [0.1, 0.15) is 28.9 Å². The molecule has 0 bridgehead atoms. The molecule has 186 valence electrons. The largest absolute Gasteiger partial charge is 0.457 e. The highest BCUT2D eigenvalue weighted by atomic mass is 16.5. The zero-order valence-electron chi connectivity index (χ0n) is 20.6. The van der Waals surface area contributed by atoms with Gasteiger partial charge in [0.15, 0.2) is 5.82 Å². The van der Waals surface area contributed by atoms with Crippen LogP contribution in [-0.2, 0) is 7.05 Å². The van der Waals surface area contributed by atoms with Gasteiger partial charge in [-0.15, -0.1) is 0 Å². The minimum Gasteiger partial charge on any atom is -0.457 e. The summed E-state index contributed by atoms with van der Waals surface area (Å²) in [5.41, 5.74) is 5.10. The van der Waals surface area contributed by atoms with Crippen molar-refractivity contribution < 1.29 is 9.84 Å². The van der Waals surface area contributed by atoms with Crippen LogP contribution in [-0.4, -0.2) is 53.8 Å². The molecule has 0 amide bonds. The Labute approximate surface area is 213 Å². The van der Waals surface area contributed by atoms with Crippen molar-refractivity contribution in [3.63, 3.8) is 0 Å². The number of aliphatic hydroxyl groups excluding tert-OH is 1. The molecule has 2 N–H and O–H groups in total. The van der Waals surface area contributed by atoms with Crippen LogP contribution in [0.3, 0.4) is 0 Å². The van der Waals surface area contributed by atoms with Gasteiger partial charge >= 0.3 is 0 Å². The number of benzene rings is 2. The summed E-state index contributed by atoms with van der Waals surface area (Å²) in [4.78, 5) is 24.6. The molecule has 3 aromatic heterocycles. The highest BCUT2D eigenvalue weighted by Gasteiger charge is 2.55. The number of rotatable bonds is 5. The van der Waals surface area contributed by atoms with Crippen LogP contribution in [0.5, 0.6) is 11.5 Å². The maximum absolute atomic E-state index is 10.5. The van der Waals surface area contributed by atoms with E-state index < -0.39 is 0 Å². The third-order valence-corrected chi connectivity index (χ3v) is 7.51. The average Bonchev–Trinajstić information content (AvgIpc) is 3.49. The molecule has 10 nitrogen and oxygen atoms in total. The van der Waals surface area contributed by atoms with E-state index in [4.69, 9.17) is 9.72 Å². The molecule has 2 aromatic carbocycles. The predicted octanol–water partition coefficient (Wildman–Crippen LogP) is 4.11. The predicted molar refractivity (Wildman–Crippen MR) is 140 cm³/mol. The maximum Gasteiger partial charge on any atom is 0.226 e. The van der Waals surface area contributed by atoms with Crippen molar-refractivity contribution in [3.8, 4) is 11.5 Å². The van der Waals surface area contributed by atoms with E-state index in [1.807, 2.05) is 54.9 Å². The summed E-state index contributed by atoms with van der Waals surface area (Å²) < 4.78 is 8.14. The molecular weight excluding hydrogens is 468 g/mol. The van der Waals surface area contributed by atoms with Crippen LogP contribution < -0.4 is 15.0 Å². The van der Waals surface area contributed by atoms with E-state index in [0.29, 0.717) is 29.3 Å². The second-order valence-corrected chi connectivity index (χ2v) is 10.1. The van der Waals surface area contributed by atoms with Gasteiger partial charge in [0, 0.05) is 37.3 Å². The number of aryl methyl sites for hydroxylation is 2. The number of aliphatic hydroxyl groups is 1. The second kappa shape index (κ2) is 8.10. The number of hydrogen-bond acceptors (Lipinski definition) is 9. The Balaban J connectivity index is 1.14. The smallest absolute Gasteiger partial charge is 0.226 e. The van der Waals surface area contributed by atoms with Gasteiger partial charge < -0.3 is 24.6 Å². The number of hydrogen-bond donors (Lipinski definition) is 2. The minimum absolute atomic E-state index is 0.0251. The lowest BCUT2D eigenvalue weighted by atomic mass is 10.0. The third-order valence-electron chi connectivity index (χ3n) is 7.51. The summed E-state index contributed by atoms with van der Waals surface area (Å²) in [5, 5.41) is 13.8. The van der Waals surface area contributed by atoms with Crippen LogP contribution in [0, 0.1) is 12.3 Å². The first kappa shape index (κ1) is 21.9. The van der Waals surface area contributed by atoms with Crippen molar-refractivity contribution in [1.29, 1.82) is 0 Å². The second-order valence-electron chi connectivity index (χ2n) is 10.1. The van der Waals surface area contributed by atoms with Crippen LogP contribution in [0.2, 0.25) is 0 Å². The number of nitrogens with one attached hydrogen (secondary N) is 1. The molecule has 2 fully saturated rings. The monoisotopic (exact) mass is 494 g/mol. The van der Waals surface area contributed by atoms with E-state index >= 15 is 0 Å². The zero-order chi connectivity index (χ0) is 25.1. The molecule has 4 heterocycles. The number of nitrogens with zero attached hydrogens (tertiary/aromatic N) is 7. The molecule has 2 aliphatic rings. The van der Waals surface area contributed by atoms with Crippen LogP contribution in [0.4, 0.5) is 17.5 Å². The van der Waals surface area contributed by atoms with Gasteiger partial charge in [-0.05, 0) is 55.7 Å². The van der Waals surface area contributed by atoms with E-state index in [1.165, 1.54) is 6.33 Å². The number of ether oxygens (including phenoxy) is 1. The first-order valence-corrected chi connectivity index (χ1v) is 12.3. The molecule has 0 radical (unpaired) electrons. The number of anilines is 3. The summed E-state index contributed by atoms with van der Waals surface area (Å²) in [5.74, 6) is 2.70. The van der Waals surface area contributed by atoms with Gasteiger partial charge in [-0.2, -0.15) is 0 Å². The first-order valence-electron chi connectivity index (χ1n) is 12.3. The van der Waals surface area contributed by atoms with Crippen molar-refractivity contribution in [2.24, 2.45) is 12.5 Å². The molecule has 1 saturated heterocycles. The Bertz CT molecular complexity index is 1660. The molecular formula is C27H26N8O2. The lowest BCUT2D eigenvalue weighted by Gasteiger charge is -2.16. The van der Waals surface area contributed by atoms with Gasteiger partial charge in [0.2, 0.25) is 5.95 Å². The Morgan fingerprint density at radius 1 is 1.05 bits per heavy atom. The normalized spacial score (nSPS) is 18.1. The summed E-state index contributed by atoms with van der Waals surface area (Å²) in [7, 11) is 1.97. The van der Waals surface area contributed by atoms with Gasteiger partial charge in [-0.3, -0.25) is 0 Å². The van der Waals surface area contributed by atoms with E-state index in [9.17, 15) is 5.11 Å². The van der Waals surface area contributed by atoms with Crippen LogP contribution in [0.1, 0.15) is 18.4 Å². The summed E-state index contributed by atoms with van der Waals surface area (Å²) in [6.45, 7) is 3.34. The Kier molecular flexibility index (Phi) is 4.80. The van der Waals surface area contributed by atoms with Gasteiger partial charge in [-0.1, -0.05) is 0 Å². The first-order chi connectivity index (χ1) is 18.0. The fourth-order valence-electron chi connectivity index (χ4n) is 5.13. The van der Waals surface area contributed by atoms with E-state index in [-0.39, 0.29) is 11.5 Å². The zero-order valence-corrected chi connectivity index (χ0v) is 20.6. The van der Waals surface area contributed by atoms with E-state index in [2.05, 4.69) is 30.2 Å². The SMILES string of the molecule is Cc1cc(Nc2ncnc3cnc(N4C[C@@H](O)C5(CC5)C4)nc23)ccc1Oc1ccc2c(c1)ncn2C. The van der Waals surface area contributed by atoms with Crippen LogP contribution in [0.15, 0.2) is 55.2 Å². The molecule has 5 aromatic rings.